The standard InChI is InChI=1S/C17H20N2O3/c1-10(2)17-19-15-12(4-5-13(20-3)16(15)22-17)14-8-11(9-18)6-7-21-14/h4-5,10-11,14H,6-8H2,1-3H3/t11-,14?/m1/s1. The minimum atomic E-state index is -0.114. The molecule has 2 heterocycles. The van der Waals surface area contributed by atoms with E-state index in [-0.39, 0.29) is 17.9 Å². The van der Waals surface area contributed by atoms with E-state index in [0.29, 0.717) is 30.3 Å². The Hall–Kier alpha value is -2.06. The van der Waals surface area contributed by atoms with Crippen LogP contribution in [-0.2, 0) is 4.74 Å². The zero-order valence-electron chi connectivity index (χ0n) is 13.1. The highest BCUT2D eigenvalue weighted by molar-refractivity contribution is 5.83. The number of methoxy groups -OCH3 is 1. The van der Waals surface area contributed by atoms with Crippen molar-refractivity contribution in [1.29, 1.82) is 5.26 Å². The number of nitrogens with zero attached hydrogens (tertiary/aromatic N) is 2. The third-order valence-electron chi connectivity index (χ3n) is 4.08. The van der Waals surface area contributed by atoms with Crippen molar-refractivity contribution >= 4 is 11.1 Å². The van der Waals surface area contributed by atoms with E-state index in [1.54, 1.807) is 7.11 Å². The van der Waals surface area contributed by atoms with Crippen LogP contribution >= 0.6 is 0 Å². The van der Waals surface area contributed by atoms with E-state index in [1.165, 1.54) is 0 Å². The summed E-state index contributed by atoms with van der Waals surface area (Å²) >= 11 is 0. The van der Waals surface area contributed by atoms with Crippen LogP contribution in [0, 0.1) is 17.2 Å². The Balaban J connectivity index is 2.08. The first kappa shape index (κ1) is 14.9. The van der Waals surface area contributed by atoms with Crippen LogP contribution < -0.4 is 4.74 Å². The lowest BCUT2D eigenvalue weighted by atomic mass is 9.92. The van der Waals surface area contributed by atoms with Crippen LogP contribution in [0.3, 0.4) is 0 Å². The maximum atomic E-state index is 9.17. The molecule has 2 aromatic rings. The van der Waals surface area contributed by atoms with E-state index in [2.05, 4.69) is 11.1 Å². The minimum absolute atomic E-state index is 0.0346. The third kappa shape index (κ3) is 2.55. The van der Waals surface area contributed by atoms with Gasteiger partial charge in [-0.25, -0.2) is 4.98 Å². The molecule has 22 heavy (non-hydrogen) atoms. The van der Waals surface area contributed by atoms with Gasteiger partial charge in [0.05, 0.1) is 25.2 Å². The maximum absolute atomic E-state index is 9.17. The minimum Gasteiger partial charge on any atom is -0.493 e. The number of benzene rings is 1. The molecule has 0 amide bonds. The summed E-state index contributed by atoms with van der Waals surface area (Å²) in [6.07, 6.45) is 1.38. The lowest BCUT2D eigenvalue weighted by Gasteiger charge is -2.26. The Morgan fingerprint density at radius 2 is 2.23 bits per heavy atom. The van der Waals surface area contributed by atoms with Gasteiger partial charge in [0.2, 0.25) is 0 Å². The second-order valence-electron chi connectivity index (χ2n) is 5.95. The Morgan fingerprint density at radius 3 is 2.91 bits per heavy atom. The van der Waals surface area contributed by atoms with E-state index in [0.717, 1.165) is 17.5 Å². The first-order valence-corrected chi connectivity index (χ1v) is 7.62. The van der Waals surface area contributed by atoms with Gasteiger partial charge in [-0.15, -0.1) is 0 Å². The summed E-state index contributed by atoms with van der Waals surface area (Å²) in [4.78, 5) is 4.64. The highest BCUT2D eigenvalue weighted by atomic mass is 16.5. The summed E-state index contributed by atoms with van der Waals surface area (Å²) in [5.41, 5.74) is 2.42. The number of oxazole rings is 1. The van der Waals surface area contributed by atoms with Crippen LogP contribution in [0.1, 0.15) is 50.2 Å². The summed E-state index contributed by atoms with van der Waals surface area (Å²) in [7, 11) is 1.62. The zero-order chi connectivity index (χ0) is 15.7. The van der Waals surface area contributed by atoms with Crippen molar-refractivity contribution in [1.82, 2.24) is 4.98 Å². The number of hydrogen-bond donors (Lipinski definition) is 0. The number of nitriles is 1. The molecule has 5 heteroatoms. The van der Waals surface area contributed by atoms with Crippen LogP contribution in [0.5, 0.6) is 5.75 Å². The van der Waals surface area contributed by atoms with Crippen molar-refractivity contribution in [3.63, 3.8) is 0 Å². The zero-order valence-corrected chi connectivity index (χ0v) is 13.1. The Kier molecular flexibility index (Phi) is 4.04. The van der Waals surface area contributed by atoms with Gasteiger partial charge in [0, 0.05) is 18.1 Å². The van der Waals surface area contributed by atoms with E-state index < -0.39 is 0 Å². The van der Waals surface area contributed by atoms with Gasteiger partial charge in [-0.3, -0.25) is 0 Å². The number of rotatable bonds is 3. The summed E-state index contributed by atoms with van der Waals surface area (Å²) in [6, 6.07) is 6.20. The summed E-state index contributed by atoms with van der Waals surface area (Å²) in [5, 5.41) is 9.17. The molecule has 1 fully saturated rings. The molecule has 0 saturated carbocycles. The Labute approximate surface area is 129 Å². The van der Waals surface area contributed by atoms with Gasteiger partial charge in [-0.05, 0) is 18.9 Å². The SMILES string of the molecule is COc1ccc(C2C[C@H](C#N)CCO2)c2nc(C(C)C)oc12. The molecule has 0 aliphatic carbocycles. The fraction of sp³-hybridized carbons (Fsp3) is 0.529. The third-order valence-corrected chi connectivity index (χ3v) is 4.08. The average Bonchev–Trinajstić information content (AvgIpc) is 2.99. The molecule has 0 N–H and O–H groups in total. The first-order valence-electron chi connectivity index (χ1n) is 7.62. The monoisotopic (exact) mass is 300 g/mol. The quantitative estimate of drug-likeness (QED) is 0.858. The van der Waals surface area contributed by atoms with Crippen LogP contribution in [0.25, 0.3) is 11.1 Å². The molecule has 0 spiro atoms. The molecule has 1 saturated heterocycles. The van der Waals surface area contributed by atoms with Gasteiger partial charge in [0.25, 0.3) is 0 Å². The predicted octanol–water partition coefficient (Wildman–Crippen LogP) is 3.95. The fourth-order valence-corrected chi connectivity index (χ4v) is 2.82. The van der Waals surface area contributed by atoms with Crippen molar-refractivity contribution in [2.75, 3.05) is 13.7 Å². The fourth-order valence-electron chi connectivity index (χ4n) is 2.82. The number of hydrogen-bond acceptors (Lipinski definition) is 5. The molecule has 1 aliphatic heterocycles. The molecule has 0 bridgehead atoms. The highest BCUT2D eigenvalue weighted by Gasteiger charge is 2.27. The second-order valence-corrected chi connectivity index (χ2v) is 5.95. The molecular formula is C17H20N2O3. The molecule has 116 valence electrons. The van der Waals surface area contributed by atoms with Gasteiger partial charge < -0.3 is 13.9 Å². The van der Waals surface area contributed by atoms with Crippen molar-refractivity contribution in [2.24, 2.45) is 5.92 Å². The molecule has 0 radical (unpaired) electrons. The number of ether oxygens (including phenoxy) is 2. The van der Waals surface area contributed by atoms with Gasteiger partial charge in [-0.2, -0.15) is 5.26 Å². The maximum Gasteiger partial charge on any atom is 0.198 e. The molecule has 3 rings (SSSR count). The lowest BCUT2D eigenvalue weighted by Crippen LogP contribution is -2.19. The van der Waals surface area contributed by atoms with E-state index in [4.69, 9.17) is 19.2 Å². The lowest BCUT2D eigenvalue weighted by molar-refractivity contribution is 0.00146. The Bertz CT molecular complexity index is 714. The van der Waals surface area contributed by atoms with Crippen LogP contribution in [-0.4, -0.2) is 18.7 Å². The van der Waals surface area contributed by atoms with E-state index >= 15 is 0 Å². The van der Waals surface area contributed by atoms with E-state index in [9.17, 15) is 0 Å². The van der Waals surface area contributed by atoms with Gasteiger partial charge in [0.15, 0.2) is 17.2 Å². The summed E-state index contributed by atoms with van der Waals surface area (Å²) in [6.45, 7) is 4.69. The van der Waals surface area contributed by atoms with Crippen LogP contribution in [0.4, 0.5) is 0 Å². The predicted molar refractivity (Wildman–Crippen MR) is 81.7 cm³/mol. The highest BCUT2D eigenvalue weighted by Crippen LogP contribution is 2.38. The van der Waals surface area contributed by atoms with Crippen molar-refractivity contribution in [3.05, 3.63) is 23.6 Å². The largest absolute Gasteiger partial charge is 0.493 e. The molecule has 1 aromatic heterocycles. The number of fused-ring (bicyclic) bond motifs is 1. The smallest absolute Gasteiger partial charge is 0.198 e. The molecule has 2 atom stereocenters. The summed E-state index contributed by atoms with van der Waals surface area (Å²) in [5.74, 6) is 1.59. The topological polar surface area (TPSA) is 68.3 Å². The van der Waals surface area contributed by atoms with Crippen molar-refractivity contribution < 1.29 is 13.9 Å². The van der Waals surface area contributed by atoms with Gasteiger partial charge in [-0.1, -0.05) is 19.9 Å². The van der Waals surface area contributed by atoms with E-state index in [1.807, 2.05) is 26.0 Å². The molecular weight excluding hydrogens is 280 g/mol. The second kappa shape index (κ2) is 5.98. The average molecular weight is 300 g/mol. The van der Waals surface area contributed by atoms with Crippen LogP contribution in [0.2, 0.25) is 0 Å². The van der Waals surface area contributed by atoms with Crippen LogP contribution in [0.15, 0.2) is 16.5 Å². The first-order chi connectivity index (χ1) is 10.6. The molecule has 1 aliphatic rings. The van der Waals surface area contributed by atoms with Crippen molar-refractivity contribution in [3.8, 4) is 11.8 Å². The van der Waals surface area contributed by atoms with Gasteiger partial charge in [0.1, 0.15) is 5.52 Å². The Morgan fingerprint density at radius 1 is 1.41 bits per heavy atom. The molecule has 1 aromatic carbocycles. The summed E-state index contributed by atoms with van der Waals surface area (Å²) < 4.78 is 17.1. The number of aromatic nitrogens is 1. The molecule has 1 unspecified atom stereocenters. The molecule has 5 nitrogen and oxygen atoms in total. The van der Waals surface area contributed by atoms with Gasteiger partial charge >= 0.3 is 0 Å². The normalized spacial score (nSPS) is 22.0. The van der Waals surface area contributed by atoms with Crippen molar-refractivity contribution in [2.45, 2.75) is 38.7 Å².